The normalized spacial score (nSPS) is 14.2. The lowest BCUT2D eigenvalue weighted by molar-refractivity contribution is -0.384. The molecule has 1 N–H and O–H groups in total. The zero-order valence-corrected chi connectivity index (χ0v) is 16.6. The Kier molecular flexibility index (Phi) is 5.57. The van der Waals surface area contributed by atoms with Crippen molar-refractivity contribution in [2.45, 2.75) is 6.42 Å². The van der Waals surface area contributed by atoms with E-state index in [1.807, 2.05) is 23.1 Å². The van der Waals surface area contributed by atoms with E-state index in [9.17, 15) is 14.9 Å². The van der Waals surface area contributed by atoms with Gasteiger partial charge in [0.25, 0.3) is 5.69 Å². The van der Waals surface area contributed by atoms with Gasteiger partial charge < -0.3 is 15.1 Å². The number of piperazine rings is 1. The summed E-state index contributed by atoms with van der Waals surface area (Å²) < 4.78 is 0.801. The summed E-state index contributed by atoms with van der Waals surface area (Å²) in [6.07, 6.45) is 0.810. The number of rotatable bonds is 5. The van der Waals surface area contributed by atoms with Crippen LogP contribution in [0.4, 0.5) is 15.6 Å². The molecule has 0 bridgehead atoms. The smallest absolute Gasteiger partial charge is 0.317 e. The van der Waals surface area contributed by atoms with Gasteiger partial charge in [-0.1, -0.05) is 41.7 Å². The molecule has 9 heteroatoms. The van der Waals surface area contributed by atoms with Crippen molar-refractivity contribution in [3.05, 3.63) is 64.2 Å². The minimum absolute atomic E-state index is 0.0412. The van der Waals surface area contributed by atoms with Crippen molar-refractivity contribution in [1.29, 1.82) is 0 Å². The van der Waals surface area contributed by atoms with Crippen LogP contribution in [-0.2, 0) is 6.42 Å². The largest absolute Gasteiger partial charge is 0.345 e. The van der Waals surface area contributed by atoms with Crippen LogP contribution in [0.1, 0.15) is 5.56 Å². The molecule has 1 aromatic heterocycles. The average molecular weight is 411 g/mol. The molecule has 1 fully saturated rings. The number of nitrogens with one attached hydrogen (secondary N) is 1. The van der Waals surface area contributed by atoms with Gasteiger partial charge in [-0.3, -0.25) is 10.1 Å². The number of nitrogens with zero attached hydrogens (tertiary/aromatic N) is 4. The molecule has 1 aliphatic heterocycles. The van der Waals surface area contributed by atoms with Crippen molar-refractivity contribution >= 4 is 38.4 Å². The molecule has 8 nitrogen and oxygen atoms in total. The molecule has 2 amide bonds. The summed E-state index contributed by atoms with van der Waals surface area (Å²) in [6.45, 7) is 3.22. The van der Waals surface area contributed by atoms with Crippen molar-refractivity contribution in [1.82, 2.24) is 15.2 Å². The van der Waals surface area contributed by atoms with Crippen molar-refractivity contribution < 1.29 is 9.72 Å². The first kappa shape index (κ1) is 19.1. The molecule has 0 atom stereocenters. The minimum Gasteiger partial charge on any atom is -0.345 e. The van der Waals surface area contributed by atoms with E-state index in [1.165, 1.54) is 23.0 Å². The predicted octanol–water partition coefficient (Wildman–Crippen LogP) is 3.28. The molecule has 0 aliphatic carbocycles. The summed E-state index contributed by atoms with van der Waals surface area (Å²) in [5.74, 6) is 0. The van der Waals surface area contributed by atoms with Crippen LogP contribution in [0.25, 0.3) is 10.2 Å². The third-order valence-corrected chi connectivity index (χ3v) is 6.02. The Hall–Kier alpha value is -3.20. The molecule has 2 aromatic carbocycles. The zero-order valence-electron chi connectivity index (χ0n) is 15.8. The van der Waals surface area contributed by atoms with Gasteiger partial charge in [-0.05, 0) is 18.1 Å². The number of amides is 2. The van der Waals surface area contributed by atoms with Gasteiger partial charge in [-0.15, -0.1) is 0 Å². The first-order valence-corrected chi connectivity index (χ1v) is 10.3. The first-order chi connectivity index (χ1) is 14.1. The second kappa shape index (κ2) is 8.44. The Morgan fingerprint density at radius 1 is 1.14 bits per heavy atom. The Morgan fingerprint density at radius 3 is 2.62 bits per heavy atom. The quantitative estimate of drug-likeness (QED) is 0.514. The van der Waals surface area contributed by atoms with E-state index in [2.05, 4.69) is 27.3 Å². The van der Waals surface area contributed by atoms with Gasteiger partial charge in [0.1, 0.15) is 0 Å². The van der Waals surface area contributed by atoms with Gasteiger partial charge in [-0.2, -0.15) is 0 Å². The Bertz CT molecular complexity index is 1020. The Balaban J connectivity index is 1.30. The lowest BCUT2D eigenvalue weighted by atomic mass is 10.1. The monoisotopic (exact) mass is 411 g/mol. The number of anilines is 1. The molecule has 1 saturated heterocycles. The van der Waals surface area contributed by atoms with Gasteiger partial charge in [0.15, 0.2) is 5.13 Å². The number of aromatic nitrogens is 1. The molecule has 29 heavy (non-hydrogen) atoms. The van der Waals surface area contributed by atoms with Crippen LogP contribution in [0.3, 0.4) is 0 Å². The lowest BCUT2D eigenvalue weighted by Gasteiger charge is -2.34. The molecule has 150 valence electrons. The maximum Gasteiger partial charge on any atom is 0.317 e. The molecule has 0 spiro atoms. The highest BCUT2D eigenvalue weighted by Crippen LogP contribution is 2.31. The molecule has 1 aliphatic rings. The van der Waals surface area contributed by atoms with Crippen molar-refractivity contribution in [2.75, 3.05) is 37.6 Å². The van der Waals surface area contributed by atoms with Gasteiger partial charge in [0.2, 0.25) is 0 Å². The predicted molar refractivity (Wildman–Crippen MR) is 114 cm³/mol. The highest BCUT2D eigenvalue weighted by atomic mass is 32.1. The number of carbonyl (C=O) groups is 1. The van der Waals surface area contributed by atoms with E-state index in [0.29, 0.717) is 32.7 Å². The van der Waals surface area contributed by atoms with Crippen LogP contribution in [0.5, 0.6) is 0 Å². The second-order valence-corrected chi connectivity index (χ2v) is 7.86. The van der Waals surface area contributed by atoms with Crippen LogP contribution in [0, 0.1) is 10.1 Å². The number of nitro groups is 1. The highest BCUT2D eigenvalue weighted by Gasteiger charge is 2.23. The summed E-state index contributed by atoms with van der Waals surface area (Å²) in [5, 5.41) is 14.8. The van der Waals surface area contributed by atoms with Crippen LogP contribution >= 0.6 is 11.3 Å². The number of hydrogen-bond donors (Lipinski definition) is 1. The highest BCUT2D eigenvalue weighted by molar-refractivity contribution is 7.22. The third kappa shape index (κ3) is 4.45. The molecule has 2 heterocycles. The molecule has 0 saturated carbocycles. The van der Waals surface area contributed by atoms with Crippen molar-refractivity contribution in [3.63, 3.8) is 0 Å². The van der Waals surface area contributed by atoms with E-state index in [0.717, 1.165) is 21.8 Å². The maximum absolute atomic E-state index is 12.4. The standard InChI is InChI=1S/C20H21N5O3S/c26-19(21-9-8-15-4-2-1-3-5-15)23-10-12-24(13-11-23)20-22-17-7-6-16(25(27)28)14-18(17)29-20/h1-7,14H,8-13H2,(H,21,26). The average Bonchev–Trinajstić information content (AvgIpc) is 3.18. The summed E-state index contributed by atoms with van der Waals surface area (Å²) in [4.78, 5) is 31.5. The number of hydrogen-bond acceptors (Lipinski definition) is 6. The summed E-state index contributed by atoms with van der Waals surface area (Å²) in [7, 11) is 0. The molecule has 0 unspecified atom stereocenters. The minimum atomic E-state index is -0.395. The zero-order chi connectivity index (χ0) is 20.2. The fourth-order valence-electron chi connectivity index (χ4n) is 3.32. The lowest BCUT2D eigenvalue weighted by Crippen LogP contribution is -2.52. The van der Waals surface area contributed by atoms with Gasteiger partial charge >= 0.3 is 6.03 Å². The molecular weight excluding hydrogens is 390 g/mol. The number of non-ortho nitro benzene ring substituents is 1. The topological polar surface area (TPSA) is 91.6 Å². The number of nitro benzene ring substituents is 1. The van der Waals surface area contributed by atoms with E-state index < -0.39 is 4.92 Å². The number of benzene rings is 2. The summed E-state index contributed by atoms with van der Waals surface area (Å²) in [5.41, 5.74) is 2.04. The fraction of sp³-hybridized carbons (Fsp3) is 0.300. The van der Waals surface area contributed by atoms with E-state index in [-0.39, 0.29) is 11.7 Å². The number of carbonyl (C=O) groups excluding carboxylic acids is 1. The van der Waals surface area contributed by atoms with E-state index in [1.54, 1.807) is 12.1 Å². The summed E-state index contributed by atoms with van der Waals surface area (Å²) in [6, 6.07) is 14.8. The SMILES string of the molecule is O=C(NCCc1ccccc1)N1CCN(c2nc3ccc([N+](=O)[O-])cc3s2)CC1. The van der Waals surface area contributed by atoms with Crippen molar-refractivity contribution in [3.8, 4) is 0 Å². The van der Waals surface area contributed by atoms with Crippen molar-refractivity contribution in [2.24, 2.45) is 0 Å². The Morgan fingerprint density at radius 2 is 1.90 bits per heavy atom. The van der Waals surface area contributed by atoms with Gasteiger partial charge in [0, 0.05) is 44.9 Å². The second-order valence-electron chi connectivity index (χ2n) is 6.85. The van der Waals surface area contributed by atoms with E-state index in [4.69, 9.17) is 0 Å². The number of urea groups is 1. The summed E-state index contributed by atoms with van der Waals surface area (Å²) >= 11 is 1.45. The van der Waals surface area contributed by atoms with E-state index >= 15 is 0 Å². The molecule has 3 aromatic rings. The van der Waals surface area contributed by atoms with Crippen LogP contribution in [-0.4, -0.2) is 53.6 Å². The molecule has 0 radical (unpaired) electrons. The fourth-order valence-corrected chi connectivity index (χ4v) is 4.37. The Labute approximate surface area is 171 Å². The van der Waals surface area contributed by atoms with Crippen LogP contribution in [0.2, 0.25) is 0 Å². The molecular formula is C20H21N5O3S. The third-order valence-electron chi connectivity index (χ3n) is 4.94. The van der Waals surface area contributed by atoms with Crippen LogP contribution in [0.15, 0.2) is 48.5 Å². The molecule has 4 rings (SSSR count). The van der Waals surface area contributed by atoms with Crippen LogP contribution < -0.4 is 10.2 Å². The first-order valence-electron chi connectivity index (χ1n) is 9.47. The number of fused-ring (bicyclic) bond motifs is 1. The van der Waals surface area contributed by atoms with Gasteiger partial charge in [-0.25, -0.2) is 9.78 Å². The van der Waals surface area contributed by atoms with Gasteiger partial charge in [0.05, 0.1) is 15.1 Å². The maximum atomic E-state index is 12.4. The number of thiazole rings is 1.